The van der Waals surface area contributed by atoms with Crippen LogP contribution in [-0.4, -0.2) is 34.7 Å². The number of carbonyl (C=O) groups is 2. The minimum atomic E-state index is -0.977. The number of carboxylic acids is 1. The standard InChI is InChI=1S/C20H21NO4/c1-11(2)10-15-20-9-8-14(25-20)16(19(23)24)17(20)18(22)21(15)13-7-5-4-6-12(13)3/h4-9,14-17H,1,10H2,2-3H3,(H,23,24)/t14-,15-,16+,17-,20+/m0/s1. The number of aryl methyl sites for hydroxylation is 1. The van der Waals surface area contributed by atoms with Crippen molar-refractivity contribution in [3.63, 3.8) is 0 Å². The van der Waals surface area contributed by atoms with Crippen LogP contribution in [0.15, 0.2) is 48.6 Å². The number of carbonyl (C=O) groups excluding carboxylic acids is 1. The van der Waals surface area contributed by atoms with Crippen LogP contribution in [0.1, 0.15) is 18.9 Å². The number of carboxylic acid groups (broad SMARTS) is 1. The van der Waals surface area contributed by atoms with Crippen molar-refractivity contribution < 1.29 is 19.4 Å². The minimum absolute atomic E-state index is 0.167. The molecule has 1 aromatic carbocycles. The minimum Gasteiger partial charge on any atom is -0.481 e. The highest BCUT2D eigenvalue weighted by atomic mass is 16.5. The molecular weight excluding hydrogens is 318 g/mol. The molecule has 2 saturated heterocycles. The van der Waals surface area contributed by atoms with Crippen LogP contribution in [0, 0.1) is 18.8 Å². The summed E-state index contributed by atoms with van der Waals surface area (Å²) in [6.07, 6.45) is 3.75. The highest BCUT2D eigenvalue weighted by molar-refractivity contribution is 6.03. The van der Waals surface area contributed by atoms with Gasteiger partial charge >= 0.3 is 5.97 Å². The van der Waals surface area contributed by atoms with Crippen LogP contribution in [0.4, 0.5) is 5.69 Å². The number of hydrogen-bond donors (Lipinski definition) is 1. The predicted molar refractivity (Wildman–Crippen MR) is 93.2 cm³/mol. The van der Waals surface area contributed by atoms with E-state index in [-0.39, 0.29) is 11.9 Å². The second-order valence-corrected chi connectivity index (χ2v) is 7.31. The molecule has 5 nitrogen and oxygen atoms in total. The lowest BCUT2D eigenvalue weighted by Crippen LogP contribution is -2.45. The largest absolute Gasteiger partial charge is 0.481 e. The number of amides is 1. The number of aliphatic carboxylic acids is 1. The first kappa shape index (κ1) is 16.1. The van der Waals surface area contributed by atoms with E-state index < -0.39 is 29.5 Å². The summed E-state index contributed by atoms with van der Waals surface area (Å²) in [5, 5.41) is 9.67. The SMILES string of the molecule is C=C(C)C[C@@H]1N(c2ccccc2C)C(=O)[C@@H]2[C@H](C(=O)O)[C@@H]3C=C[C@]21O3. The molecule has 0 aromatic heterocycles. The van der Waals surface area contributed by atoms with E-state index in [9.17, 15) is 14.7 Å². The summed E-state index contributed by atoms with van der Waals surface area (Å²) in [5.41, 5.74) is 1.84. The monoisotopic (exact) mass is 339 g/mol. The van der Waals surface area contributed by atoms with Gasteiger partial charge in [-0.1, -0.05) is 35.9 Å². The van der Waals surface area contributed by atoms with Crippen LogP contribution in [0.3, 0.4) is 0 Å². The van der Waals surface area contributed by atoms with Crippen LogP contribution >= 0.6 is 0 Å². The lowest BCUT2D eigenvalue weighted by molar-refractivity contribution is -0.146. The summed E-state index contributed by atoms with van der Waals surface area (Å²) >= 11 is 0. The third-order valence-electron chi connectivity index (χ3n) is 5.62. The van der Waals surface area contributed by atoms with Gasteiger partial charge in [0.05, 0.1) is 18.1 Å². The summed E-state index contributed by atoms with van der Waals surface area (Å²) in [4.78, 5) is 26.9. The average Bonchev–Trinajstić information content (AvgIpc) is 3.18. The molecule has 2 fully saturated rings. The summed E-state index contributed by atoms with van der Waals surface area (Å²) in [5.74, 6) is -2.67. The molecule has 2 bridgehead atoms. The van der Waals surface area contributed by atoms with E-state index in [1.807, 2.05) is 44.2 Å². The molecule has 1 amide bonds. The molecule has 0 radical (unpaired) electrons. The predicted octanol–water partition coefficient (Wildman–Crippen LogP) is 2.70. The molecule has 5 heteroatoms. The zero-order chi connectivity index (χ0) is 17.9. The number of para-hydroxylation sites is 1. The van der Waals surface area contributed by atoms with E-state index in [4.69, 9.17) is 4.74 Å². The van der Waals surface area contributed by atoms with Crippen molar-refractivity contribution in [2.45, 2.75) is 38.0 Å². The Bertz CT molecular complexity index is 814. The molecule has 1 aromatic rings. The zero-order valence-electron chi connectivity index (χ0n) is 14.3. The topological polar surface area (TPSA) is 66.8 Å². The van der Waals surface area contributed by atoms with E-state index in [1.54, 1.807) is 11.0 Å². The third kappa shape index (κ3) is 2.05. The summed E-state index contributed by atoms with van der Waals surface area (Å²) < 4.78 is 6.14. The third-order valence-corrected chi connectivity index (χ3v) is 5.62. The molecule has 3 heterocycles. The van der Waals surface area contributed by atoms with Gasteiger partial charge in [0.2, 0.25) is 5.91 Å². The van der Waals surface area contributed by atoms with Gasteiger partial charge in [0.15, 0.2) is 0 Å². The smallest absolute Gasteiger partial charge is 0.310 e. The van der Waals surface area contributed by atoms with Crippen LogP contribution in [0.25, 0.3) is 0 Å². The maximum Gasteiger partial charge on any atom is 0.310 e. The number of anilines is 1. The fourth-order valence-electron chi connectivity index (χ4n) is 4.63. The maximum atomic E-state index is 13.4. The molecule has 25 heavy (non-hydrogen) atoms. The fraction of sp³-hybridized carbons (Fsp3) is 0.400. The highest BCUT2D eigenvalue weighted by Crippen LogP contribution is 2.57. The molecule has 5 atom stereocenters. The van der Waals surface area contributed by atoms with Crippen molar-refractivity contribution in [1.82, 2.24) is 0 Å². The first-order chi connectivity index (χ1) is 11.9. The Labute approximate surface area is 146 Å². The van der Waals surface area contributed by atoms with E-state index in [0.29, 0.717) is 6.42 Å². The van der Waals surface area contributed by atoms with E-state index >= 15 is 0 Å². The molecule has 1 N–H and O–H groups in total. The van der Waals surface area contributed by atoms with Crippen LogP contribution < -0.4 is 4.90 Å². The first-order valence-electron chi connectivity index (χ1n) is 8.50. The van der Waals surface area contributed by atoms with Crippen molar-refractivity contribution in [1.29, 1.82) is 0 Å². The van der Waals surface area contributed by atoms with Crippen LogP contribution in [-0.2, 0) is 14.3 Å². The number of rotatable bonds is 4. The maximum absolute atomic E-state index is 13.4. The average molecular weight is 339 g/mol. The molecule has 130 valence electrons. The highest BCUT2D eigenvalue weighted by Gasteiger charge is 2.71. The van der Waals surface area contributed by atoms with Gasteiger partial charge in [0.25, 0.3) is 0 Å². The summed E-state index contributed by atoms with van der Waals surface area (Å²) in [7, 11) is 0. The van der Waals surface area contributed by atoms with Gasteiger partial charge in [0, 0.05) is 5.69 Å². The molecule has 3 aliphatic heterocycles. The van der Waals surface area contributed by atoms with Crippen molar-refractivity contribution in [3.8, 4) is 0 Å². The second kappa shape index (κ2) is 5.30. The Morgan fingerprint density at radius 3 is 2.76 bits per heavy atom. The number of fused-ring (bicyclic) bond motifs is 1. The van der Waals surface area contributed by atoms with Gasteiger partial charge in [-0.05, 0) is 31.9 Å². The Kier molecular flexibility index (Phi) is 3.41. The van der Waals surface area contributed by atoms with Crippen molar-refractivity contribution in [2.24, 2.45) is 11.8 Å². The summed E-state index contributed by atoms with van der Waals surface area (Å²) in [6.45, 7) is 7.88. The van der Waals surface area contributed by atoms with E-state index in [1.165, 1.54) is 0 Å². The molecule has 3 aliphatic rings. The lowest BCUT2D eigenvalue weighted by Gasteiger charge is -2.34. The van der Waals surface area contributed by atoms with Crippen LogP contribution in [0.2, 0.25) is 0 Å². The number of benzene rings is 1. The van der Waals surface area contributed by atoms with E-state index in [2.05, 4.69) is 6.58 Å². The molecule has 1 spiro atoms. The zero-order valence-corrected chi connectivity index (χ0v) is 14.3. The van der Waals surface area contributed by atoms with Crippen molar-refractivity contribution in [3.05, 3.63) is 54.1 Å². The first-order valence-corrected chi connectivity index (χ1v) is 8.50. The Morgan fingerprint density at radius 2 is 2.12 bits per heavy atom. The van der Waals surface area contributed by atoms with Gasteiger partial charge in [-0.25, -0.2) is 0 Å². The van der Waals surface area contributed by atoms with Gasteiger partial charge in [-0.2, -0.15) is 0 Å². The number of ether oxygens (including phenoxy) is 1. The summed E-state index contributed by atoms with van der Waals surface area (Å²) in [6, 6.07) is 7.39. The van der Waals surface area contributed by atoms with E-state index in [0.717, 1.165) is 16.8 Å². The Hall–Kier alpha value is -2.40. The van der Waals surface area contributed by atoms with Gasteiger partial charge < -0.3 is 14.7 Å². The normalized spacial score (nSPS) is 35.3. The lowest BCUT2D eigenvalue weighted by atomic mass is 9.74. The number of nitrogens with zero attached hydrogens (tertiary/aromatic N) is 1. The molecule has 0 aliphatic carbocycles. The second-order valence-electron chi connectivity index (χ2n) is 7.31. The molecular formula is C20H21NO4. The van der Waals surface area contributed by atoms with Gasteiger partial charge in [0.1, 0.15) is 11.5 Å². The van der Waals surface area contributed by atoms with Crippen molar-refractivity contribution >= 4 is 17.6 Å². The molecule has 4 rings (SSSR count). The van der Waals surface area contributed by atoms with Crippen LogP contribution in [0.5, 0.6) is 0 Å². The quantitative estimate of drug-likeness (QED) is 0.857. The van der Waals surface area contributed by atoms with Gasteiger partial charge in [-0.15, -0.1) is 6.58 Å². The fourth-order valence-corrected chi connectivity index (χ4v) is 4.63. The number of hydrogen-bond acceptors (Lipinski definition) is 3. The van der Waals surface area contributed by atoms with Crippen molar-refractivity contribution in [2.75, 3.05) is 4.90 Å². The molecule has 0 saturated carbocycles. The van der Waals surface area contributed by atoms with Gasteiger partial charge in [-0.3, -0.25) is 9.59 Å². The Morgan fingerprint density at radius 1 is 1.40 bits per heavy atom. The molecule has 0 unspecified atom stereocenters. The Balaban J connectivity index is 1.87.